The number of hydrogen-bond donors (Lipinski definition) is 1. The number of carbonyl (C=O) groups excluding carboxylic acids is 1. The summed E-state index contributed by atoms with van der Waals surface area (Å²) in [6.45, 7) is 3.28. The number of ether oxygens (including phenoxy) is 1. The first-order valence-corrected chi connectivity index (χ1v) is 8.30. The molecule has 0 aliphatic carbocycles. The van der Waals surface area contributed by atoms with Gasteiger partial charge in [0.25, 0.3) is 0 Å². The fourth-order valence-electron chi connectivity index (χ4n) is 2.27. The summed E-state index contributed by atoms with van der Waals surface area (Å²) in [6, 6.07) is 18.0. The Bertz CT molecular complexity index is 578. The molecule has 0 spiro atoms. The highest BCUT2D eigenvalue weighted by atomic mass is 16.5. The number of benzene rings is 2. The summed E-state index contributed by atoms with van der Waals surface area (Å²) in [4.78, 5) is 11.7. The van der Waals surface area contributed by atoms with Gasteiger partial charge < -0.3 is 10.1 Å². The van der Waals surface area contributed by atoms with E-state index in [2.05, 4.69) is 12.2 Å². The van der Waals surface area contributed by atoms with Gasteiger partial charge in [0.15, 0.2) is 0 Å². The van der Waals surface area contributed by atoms with E-state index in [1.165, 1.54) is 0 Å². The molecule has 1 N–H and O–H groups in total. The molecule has 2 aromatic carbocycles. The zero-order chi connectivity index (χ0) is 16.3. The molecule has 0 unspecified atom stereocenters. The zero-order valence-electron chi connectivity index (χ0n) is 13.8. The first kappa shape index (κ1) is 17.1. The number of rotatable bonds is 9. The predicted octanol–water partition coefficient (Wildman–Crippen LogP) is 4.46. The molecular formula is C20H25NO2. The van der Waals surface area contributed by atoms with Crippen LogP contribution in [0.3, 0.4) is 0 Å². The van der Waals surface area contributed by atoms with Crippen LogP contribution >= 0.6 is 0 Å². The van der Waals surface area contributed by atoms with Crippen LogP contribution in [0.15, 0.2) is 54.6 Å². The molecule has 0 saturated heterocycles. The van der Waals surface area contributed by atoms with Crippen molar-refractivity contribution in [3.05, 3.63) is 65.7 Å². The van der Waals surface area contributed by atoms with Crippen molar-refractivity contribution in [1.82, 2.24) is 5.32 Å². The topological polar surface area (TPSA) is 38.3 Å². The van der Waals surface area contributed by atoms with Crippen LogP contribution in [0.25, 0.3) is 0 Å². The van der Waals surface area contributed by atoms with Crippen molar-refractivity contribution in [1.29, 1.82) is 0 Å². The second kappa shape index (κ2) is 9.67. The molecule has 0 fully saturated rings. The third-order valence-corrected chi connectivity index (χ3v) is 3.67. The Hall–Kier alpha value is -2.29. The lowest BCUT2D eigenvalue weighted by Gasteiger charge is -2.08. The molecule has 23 heavy (non-hydrogen) atoms. The molecule has 0 heterocycles. The van der Waals surface area contributed by atoms with E-state index < -0.39 is 0 Å². The first-order chi connectivity index (χ1) is 11.3. The van der Waals surface area contributed by atoms with Crippen molar-refractivity contribution in [2.45, 2.75) is 45.8 Å². The smallest absolute Gasteiger partial charge is 0.220 e. The van der Waals surface area contributed by atoms with Crippen LogP contribution in [0.4, 0.5) is 0 Å². The summed E-state index contributed by atoms with van der Waals surface area (Å²) in [5.41, 5.74) is 2.23. The van der Waals surface area contributed by atoms with Crippen molar-refractivity contribution in [3.8, 4) is 5.75 Å². The van der Waals surface area contributed by atoms with Crippen molar-refractivity contribution in [2.75, 3.05) is 0 Å². The number of carbonyl (C=O) groups is 1. The van der Waals surface area contributed by atoms with Gasteiger partial charge >= 0.3 is 0 Å². The van der Waals surface area contributed by atoms with Crippen LogP contribution < -0.4 is 10.1 Å². The average Bonchev–Trinajstić information content (AvgIpc) is 2.60. The average molecular weight is 311 g/mol. The normalized spacial score (nSPS) is 10.3. The molecule has 2 rings (SSSR count). The van der Waals surface area contributed by atoms with Gasteiger partial charge in [-0.15, -0.1) is 0 Å². The third kappa shape index (κ3) is 6.55. The maximum Gasteiger partial charge on any atom is 0.220 e. The van der Waals surface area contributed by atoms with Crippen molar-refractivity contribution >= 4 is 5.91 Å². The van der Waals surface area contributed by atoms with Gasteiger partial charge in [0, 0.05) is 13.0 Å². The van der Waals surface area contributed by atoms with E-state index in [9.17, 15) is 4.79 Å². The van der Waals surface area contributed by atoms with Gasteiger partial charge in [0.1, 0.15) is 12.4 Å². The number of amides is 1. The summed E-state index contributed by atoms with van der Waals surface area (Å²) >= 11 is 0. The monoisotopic (exact) mass is 311 g/mol. The summed E-state index contributed by atoms with van der Waals surface area (Å²) < 4.78 is 5.75. The van der Waals surface area contributed by atoms with Gasteiger partial charge in [0.2, 0.25) is 5.91 Å². The fourth-order valence-corrected chi connectivity index (χ4v) is 2.27. The van der Waals surface area contributed by atoms with Gasteiger partial charge in [-0.1, -0.05) is 62.2 Å². The lowest BCUT2D eigenvalue weighted by atomic mass is 10.2. The van der Waals surface area contributed by atoms with E-state index in [1.54, 1.807) is 0 Å². The highest BCUT2D eigenvalue weighted by Crippen LogP contribution is 2.14. The van der Waals surface area contributed by atoms with Crippen LogP contribution in [0.2, 0.25) is 0 Å². The molecular weight excluding hydrogens is 286 g/mol. The number of nitrogens with one attached hydrogen (secondary N) is 1. The Morgan fingerprint density at radius 1 is 0.957 bits per heavy atom. The van der Waals surface area contributed by atoms with Crippen molar-refractivity contribution < 1.29 is 9.53 Å². The van der Waals surface area contributed by atoms with Crippen LogP contribution in [-0.2, 0) is 17.9 Å². The second-order valence-corrected chi connectivity index (χ2v) is 5.65. The van der Waals surface area contributed by atoms with Gasteiger partial charge in [-0.05, 0) is 29.7 Å². The SMILES string of the molecule is CCCCCC(=O)NCc1ccc(OCc2ccccc2)cc1. The maximum atomic E-state index is 11.7. The zero-order valence-corrected chi connectivity index (χ0v) is 13.8. The Morgan fingerprint density at radius 3 is 2.39 bits per heavy atom. The largest absolute Gasteiger partial charge is 0.489 e. The van der Waals surface area contributed by atoms with E-state index in [4.69, 9.17) is 4.74 Å². The van der Waals surface area contributed by atoms with Crippen LogP contribution in [-0.4, -0.2) is 5.91 Å². The number of unbranched alkanes of at least 4 members (excludes halogenated alkanes) is 2. The molecule has 122 valence electrons. The molecule has 0 aromatic heterocycles. The minimum absolute atomic E-state index is 0.128. The Balaban J connectivity index is 1.72. The highest BCUT2D eigenvalue weighted by molar-refractivity contribution is 5.75. The lowest BCUT2D eigenvalue weighted by molar-refractivity contribution is -0.121. The third-order valence-electron chi connectivity index (χ3n) is 3.67. The number of hydrogen-bond acceptors (Lipinski definition) is 2. The molecule has 3 heteroatoms. The second-order valence-electron chi connectivity index (χ2n) is 5.65. The molecule has 0 saturated carbocycles. The summed E-state index contributed by atoms with van der Waals surface area (Å²) in [5, 5.41) is 2.96. The molecule has 0 bridgehead atoms. The van der Waals surface area contributed by atoms with Gasteiger partial charge in [-0.25, -0.2) is 0 Å². The highest BCUT2D eigenvalue weighted by Gasteiger charge is 2.01. The molecule has 0 radical (unpaired) electrons. The molecule has 1 amide bonds. The van der Waals surface area contributed by atoms with Gasteiger partial charge in [-0.2, -0.15) is 0 Å². The van der Waals surface area contributed by atoms with E-state index in [1.807, 2.05) is 54.6 Å². The quantitative estimate of drug-likeness (QED) is 0.694. The minimum Gasteiger partial charge on any atom is -0.489 e. The summed E-state index contributed by atoms with van der Waals surface area (Å²) in [5.74, 6) is 0.967. The molecule has 2 aromatic rings. The standard InChI is InChI=1S/C20H25NO2/c1-2-3-5-10-20(22)21-15-17-11-13-19(14-12-17)23-16-18-8-6-4-7-9-18/h4,6-9,11-14H,2-3,5,10,15-16H2,1H3,(H,21,22). The van der Waals surface area contributed by atoms with E-state index in [0.717, 1.165) is 36.1 Å². The minimum atomic E-state index is 0.128. The van der Waals surface area contributed by atoms with Crippen LogP contribution in [0, 0.1) is 0 Å². The van der Waals surface area contributed by atoms with Crippen LogP contribution in [0.1, 0.15) is 43.7 Å². The summed E-state index contributed by atoms with van der Waals surface area (Å²) in [7, 11) is 0. The van der Waals surface area contributed by atoms with Crippen molar-refractivity contribution in [2.24, 2.45) is 0 Å². The lowest BCUT2D eigenvalue weighted by Crippen LogP contribution is -2.22. The molecule has 3 nitrogen and oxygen atoms in total. The van der Waals surface area contributed by atoms with E-state index in [0.29, 0.717) is 19.6 Å². The first-order valence-electron chi connectivity index (χ1n) is 8.30. The van der Waals surface area contributed by atoms with E-state index in [-0.39, 0.29) is 5.91 Å². The van der Waals surface area contributed by atoms with Gasteiger partial charge in [0.05, 0.1) is 0 Å². The van der Waals surface area contributed by atoms with Crippen molar-refractivity contribution in [3.63, 3.8) is 0 Å². The fraction of sp³-hybridized carbons (Fsp3) is 0.350. The Kier molecular flexibility index (Phi) is 7.18. The Labute approximate surface area is 138 Å². The predicted molar refractivity (Wildman–Crippen MR) is 93.2 cm³/mol. The van der Waals surface area contributed by atoms with Gasteiger partial charge in [-0.3, -0.25) is 4.79 Å². The Morgan fingerprint density at radius 2 is 1.70 bits per heavy atom. The maximum absolute atomic E-state index is 11.7. The molecule has 0 aliphatic heterocycles. The molecule has 0 aliphatic rings. The van der Waals surface area contributed by atoms with Crippen LogP contribution in [0.5, 0.6) is 5.75 Å². The summed E-state index contributed by atoms with van der Waals surface area (Å²) in [6.07, 6.45) is 3.83. The van der Waals surface area contributed by atoms with E-state index >= 15 is 0 Å². The molecule has 0 atom stereocenters.